The molecule has 2 aromatic rings. The van der Waals surface area contributed by atoms with Crippen molar-refractivity contribution in [1.29, 1.82) is 5.26 Å². The van der Waals surface area contributed by atoms with Gasteiger partial charge >= 0.3 is 0 Å². The highest BCUT2D eigenvalue weighted by atomic mass is 32.2. The van der Waals surface area contributed by atoms with E-state index in [-0.39, 0.29) is 16.4 Å². The third kappa shape index (κ3) is 3.70. The van der Waals surface area contributed by atoms with E-state index in [1.165, 1.54) is 4.90 Å². The van der Waals surface area contributed by atoms with Crippen LogP contribution in [0.25, 0.3) is 0 Å². The van der Waals surface area contributed by atoms with E-state index in [4.69, 9.17) is 5.26 Å². The van der Waals surface area contributed by atoms with Gasteiger partial charge in [0.05, 0.1) is 16.7 Å². The number of anilines is 1. The standard InChI is InChI=1S/C17H18FN5O3S/c1-2-23-16(7-8-20-23)22-9-3-4-15(17(22)24)21-27(25,26)13-5-6-14(18)12(10-13)11-19/h5-8,10,15,21H,2-4,9H2,1H3. The Morgan fingerprint density at radius 1 is 1.41 bits per heavy atom. The molecule has 0 radical (unpaired) electrons. The molecule has 2 heterocycles. The molecule has 1 aliphatic heterocycles. The Bertz CT molecular complexity index is 1010. The second-order valence-electron chi connectivity index (χ2n) is 6.06. The number of piperidine rings is 1. The lowest BCUT2D eigenvalue weighted by Crippen LogP contribution is -2.52. The van der Waals surface area contributed by atoms with Gasteiger partial charge in [0.1, 0.15) is 23.7 Å². The van der Waals surface area contributed by atoms with E-state index in [9.17, 15) is 17.6 Å². The molecule has 0 bridgehead atoms. The van der Waals surface area contributed by atoms with Crippen LogP contribution in [0.1, 0.15) is 25.3 Å². The van der Waals surface area contributed by atoms with Crippen LogP contribution in [0.3, 0.4) is 0 Å². The maximum absolute atomic E-state index is 13.5. The van der Waals surface area contributed by atoms with Gasteiger partial charge in [-0.25, -0.2) is 17.5 Å². The van der Waals surface area contributed by atoms with Crippen LogP contribution in [-0.4, -0.2) is 36.7 Å². The van der Waals surface area contributed by atoms with Crippen molar-refractivity contribution in [3.63, 3.8) is 0 Å². The molecule has 1 aromatic carbocycles. The molecule has 1 saturated heterocycles. The lowest BCUT2D eigenvalue weighted by molar-refractivity contribution is -0.121. The number of nitrogens with one attached hydrogen (secondary N) is 1. The molecule has 0 aliphatic carbocycles. The average molecular weight is 391 g/mol. The Kier molecular flexibility index (Phi) is 5.25. The molecule has 10 heteroatoms. The number of carbonyl (C=O) groups excluding carboxylic acids is 1. The minimum atomic E-state index is -4.09. The summed E-state index contributed by atoms with van der Waals surface area (Å²) in [4.78, 5) is 14.1. The number of hydrogen-bond donors (Lipinski definition) is 1. The number of aromatic nitrogens is 2. The van der Waals surface area contributed by atoms with E-state index in [0.29, 0.717) is 31.7 Å². The number of aryl methyl sites for hydroxylation is 1. The molecule has 8 nitrogen and oxygen atoms in total. The molecule has 3 rings (SSSR count). The summed E-state index contributed by atoms with van der Waals surface area (Å²) in [6.07, 6.45) is 2.55. The first-order valence-corrected chi connectivity index (χ1v) is 9.91. The fraction of sp³-hybridized carbons (Fsp3) is 0.353. The number of benzene rings is 1. The average Bonchev–Trinajstić information content (AvgIpc) is 3.12. The zero-order valence-electron chi connectivity index (χ0n) is 14.6. The van der Waals surface area contributed by atoms with E-state index >= 15 is 0 Å². The number of amides is 1. The third-order valence-corrected chi connectivity index (χ3v) is 5.84. The number of carbonyl (C=O) groups is 1. The second-order valence-corrected chi connectivity index (χ2v) is 7.78. The van der Waals surface area contributed by atoms with Gasteiger partial charge in [0, 0.05) is 19.2 Å². The molecule has 1 N–H and O–H groups in total. The molecule has 1 aromatic heterocycles. The highest BCUT2D eigenvalue weighted by Gasteiger charge is 2.34. The van der Waals surface area contributed by atoms with Crippen molar-refractivity contribution < 1.29 is 17.6 Å². The molecular formula is C17H18FN5O3S. The van der Waals surface area contributed by atoms with Crippen LogP contribution < -0.4 is 9.62 Å². The lowest BCUT2D eigenvalue weighted by Gasteiger charge is -2.32. The number of halogens is 1. The minimum absolute atomic E-state index is 0.260. The zero-order valence-corrected chi connectivity index (χ0v) is 15.4. The van der Waals surface area contributed by atoms with Gasteiger partial charge in [-0.2, -0.15) is 15.1 Å². The number of sulfonamides is 1. The Morgan fingerprint density at radius 3 is 2.89 bits per heavy atom. The summed E-state index contributed by atoms with van der Waals surface area (Å²) in [6.45, 7) is 2.94. The summed E-state index contributed by atoms with van der Waals surface area (Å²) in [5.74, 6) is -0.563. The van der Waals surface area contributed by atoms with Crippen molar-refractivity contribution >= 4 is 21.7 Å². The number of hydrogen-bond acceptors (Lipinski definition) is 5. The van der Waals surface area contributed by atoms with Crippen LogP contribution in [0.5, 0.6) is 0 Å². The van der Waals surface area contributed by atoms with Crippen molar-refractivity contribution in [1.82, 2.24) is 14.5 Å². The van der Waals surface area contributed by atoms with Crippen molar-refractivity contribution in [2.45, 2.75) is 37.2 Å². The first-order chi connectivity index (χ1) is 12.9. The number of nitriles is 1. The molecule has 0 spiro atoms. The van der Waals surface area contributed by atoms with Gasteiger partial charge in [-0.15, -0.1) is 0 Å². The topological polar surface area (TPSA) is 108 Å². The van der Waals surface area contributed by atoms with E-state index in [0.717, 1.165) is 18.2 Å². The smallest absolute Gasteiger partial charge is 0.246 e. The summed E-state index contributed by atoms with van der Waals surface area (Å²) in [6, 6.07) is 5.30. The Balaban J connectivity index is 1.84. The fourth-order valence-electron chi connectivity index (χ4n) is 3.02. The van der Waals surface area contributed by atoms with Gasteiger partial charge in [-0.1, -0.05) is 0 Å². The Hall–Kier alpha value is -2.77. The molecule has 0 saturated carbocycles. The van der Waals surface area contributed by atoms with E-state index in [1.807, 2.05) is 6.92 Å². The monoisotopic (exact) mass is 391 g/mol. The van der Waals surface area contributed by atoms with Gasteiger partial charge < -0.3 is 0 Å². The van der Waals surface area contributed by atoms with Crippen LogP contribution in [-0.2, 0) is 21.4 Å². The molecule has 142 valence electrons. The second kappa shape index (κ2) is 7.46. The first-order valence-electron chi connectivity index (χ1n) is 8.42. The maximum atomic E-state index is 13.5. The summed E-state index contributed by atoms with van der Waals surface area (Å²) < 4.78 is 42.7. The van der Waals surface area contributed by atoms with Gasteiger partial charge in [-0.3, -0.25) is 9.69 Å². The molecule has 1 amide bonds. The van der Waals surface area contributed by atoms with Crippen molar-refractivity contribution in [2.24, 2.45) is 0 Å². The molecule has 1 unspecified atom stereocenters. The van der Waals surface area contributed by atoms with Gasteiger partial charge in [-0.05, 0) is 38.0 Å². The minimum Gasteiger partial charge on any atom is -0.296 e. The van der Waals surface area contributed by atoms with E-state index in [2.05, 4.69) is 9.82 Å². The van der Waals surface area contributed by atoms with Crippen LogP contribution in [0, 0.1) is 17.1 Å². The molecule has 27 heavy (non-hydrogen) atoms. The summed E-state index contributed by atoms with van der Waals surface area (Å²) in [7, 11) is -4.09. The molecule has 1 atom stereocenters. The summed E-state index contributed by atoms with van der Waals surface area (Å²) in [5.41, 5.74) is -0.374. The fourth-order valence-corrected chi connectivity index (χ4v) is 4.27. The quantitative estimate of drug-likeness (QED) is 0.829. The normalized spacial score (nSPS) is 17.7. The SMILES string of the molecule is CCn1nccc1N1CCCC(NS(=O)(=O)c2ccc(F)c(C#N)c2)C1=O. The predicted molar refractivity (Wildman–Crippen MR) is 94.7 cm³/mol. The lowest BCUT2D eigenvalue weighted by atomic mass is 10.1. The Morgan fingerprint density at radius 2 is 2.19 bits per heavy atom. The van der Waals surface area contributed by atoms with Gasteiger partial charge in [0.25, 0.3) is 0 Å². The number of nitrogens with zero attached hydrogens (tertiary/aromatic N) is 4. The molecular weight excluding hydrogens is 373 g/mol. The molecule has 1 fully saturated rings. The van der Waals surface area contributed by atoms with Gasteiger partial charge in [0.15, 0.2) is 0 Å². The number of rotatable bonds is 5. The van der Waals surface area contributed by atoms with Crippen LogP contribution in [0.15, 0.2) is 35.4 Å². The largest absolute Gasteiger partial charge is 0.296 e. The first kappa shape index (κ1) is 19.0. The van der Waals surface area contributed by atoms with E-state index in [1.54, 1.807) is 23.0 Å². The van der Waals surface area contributed by atoms with Crippen LogP contribution in [0.4, 0.5) is 10.2 Å². The summed E-state index contributed by atoms with van der Waals surface area (Å²) in [5, 5.41) is 13.0. The highest BCUT2D eigenvalue weighted by Crippen LogP contribution is 2.22. The third-order valence-electron chi connectivity index (χ3n) is 4.37. The van der Waals surface area contributed by atoms with E-state index < -0.39 is 21.9 Å². The maximum Gasteiger partial charge on any atom is 0.246 e. The predicted octanol–water partition coefficient (Wildman–Crippen LogP) is 1.39. The zero-order chi connectivity index (χ0) is 19.6. The van der Waals surface area contributed by atoms with Crippen LogP contribution in [0.2, 0.25) is 0 Å². The summed E-state index contributed by atoms with van der Waals surface area (Å²) >= 11 is 0. The van der Waals surface area contributed by atoms with Crippen LogP contribution >= 0.6 is 0 Å². The molecule has 1 aliphatic rings. The Labute approximate surface area is 156 Å². The van der Waals surface area contributed by atoms with Gasteiger partial charge in [0.2, 0.25) is 15.9 Å². The van der Waals surface area contributed by atoms with Crippen molar-refractivity contribution in [3.05, 3.63) is 41.8 Å². The van der Waals surface area contributed by atoms with Crippen molar-refractivity contribution in [3.8, 4) is 6.07 Å². The van der Waals surface area contributed by atoms with Crippen molar-refractivity contribution in [2.75, 3.05) is 11.4 Å². The highest BCUT2D eigenvalue weighted by molar-refractivity contribution is 7.89.